The number of aliphatic carboxylic acids is 1. The number of methoxy groups -OCH3 is 1. The summed E-state index contributed by atoms with van der Waals surface area (Å²) in [5.74, 6) is -1.24. The fourth-order valence-electron chi connectivity index (χ4n) is 1.31. The number of carboxylic acids is 1. The normalized spacial score (nSPS) is 11.6. The molecule has 0 radical (unpaired) electrons. The third-order valence-corrected chi connectivity index (χ3v) is 2.19. The number of ether oxygens (including phenoxy) is 2. The molecule has 0 bridgehead atoms. The van der Waals surface area contributed by atoms with Gasteiger partial charge in [-0.2, -0.15) is 0 Å². The van der Waals surface area contributed by atoms with Crippen LogP contribution in [0.1, 0.15) is 25.0 Å². The van der Waals surface area contributed by atoms with Gasteiger partial charge in [0, 0.05) is 0 Å². The third kappa shape index (κ3) is 4.14. The molecule has 5 heteroatoms. The Kier molecular flexibility index (Phi) is 4.51. The Balaban J connectivity index is 2.59. The van der Waals surface area contributed by atoms with Crippen LogP contribution in [-0.2, 0) is 14.3 Å². The summed E-state index contributed by atoms with van der Waals surface area (Å²) in [6.07, 6.45) is -1.10. The van der Waals surface area contributed by atoms with E-state index in [1.54, 1.807) is 38.3 Å². The molecule has 0 amide bonds. The minimum absolute atomic E-state index is 0.479. The van der Waals surface area contributed by atoms with Gasteiger partial charge in [0.15, 0.2) is 0 Å². The number of carbonyl (C=O) groups excluding carboxylic acids is 1. The maximum absolute atomic E-state index is 11.1. The van der Waals surface area contributed by atoms with Gasteiger partial charge in [-0.15, -0.1) is 0 Å². The minimum Gasteiger partial charge on any atom is -0.497 e. The maximum Gasteiger partial charge on any atom is 0.317 e. The highest BCUT2D eigenvalue weighted by Gasteiger charge is 2.14. The van der Waals surface area contributed by atoms with E-state index >= 15 is 0 Å². The first kappa shape index (κ1) is 13.0. The smallest absolute Gasteiger partial charge is 0.317 e. The van der Waals surface area contributed by atoms with Crippen LogP contribution in [0.4, 0.5) is 0 Å². The second-order valence-electron chi connectivity index (χ2n) is 3.48. The summed E-state index contributed by atoms with van der Waals surface area (Å²) in [5, 5.41) is 8.42. The fraction of sp³-hybridized carbons (Fsp3) is 0.333. The molecule has 92 valence electrons. The number of esters is 1. The van der Waals surface area contributed by atoms with Gasteiger partial charge in [-0.05, 0) is 24.6 Å². The quantitative estimate of drug-likeness (QED) is 0.625. The Morgan fingerprint density at radius 1 is 1.29 bits per heavy atom. The van der Waals surface area contributed by atoms with Gasteiger partial charge in [-0.1, -0.05) is 12.1 Å². The summed E-state index contributed by atoms with van der Waals surface area (Å²) in [6.45, 7) is 1.68. The molecule has 5 nitrogen and oxygen atoms in total. The Hall–Kier alpha value is -2.04. The van der Waals surface area contributed by atoms with Crippen LogP contribution in [0.15, 0.2) is 24.3 Å². The Morgan fingerprint density at radius 2 is 1.88 bits per heavy atom. The van der Waals surface area contributed by atoms with Crippen LogP contribution in [0, 0.1) is 0 Å². The van der Waals surface area contributed by atoms with E-state index in [9.17, 15) is 9.59 Å². The third-order valence-electron chi connectivity index (χ3n) is 2.19. The van der Waals surface area contributed by atoms with Gasteiger partial charge in [-0.3, -0.25) is 9.59 Å². The number of rotatable bonds is 5. The second kappa shape index (κ2) is 5.89. The summed E-state index contributed by atoms with van der Waals surface area (Å²) >= 11 is 0. The molecule has 1 N–H and O–H groups in total. The molecule has 1 rings (SSSR count). The number of hydrogen-bond acceptors (Lipinski definition) is 4. The molecular formula is C12H14O5. The highest BCUT2D eigenvalue weighted by molar-refractivity contribution is 5.90. The molecule has 1 aromatic carbocycles. The Bertz CT molecular complexity index is 396. The number of carbonyl (C=O) groups is 2. The Labute approximate surface area is 99.0 Å². The van der Waals surface area contributed by atoms with Crippen LogP contribution >= 0.6 is 0 Å². The van der Waals surface area contributed by atoms with Gasteiger partial charge in [0.2, 0.25) is 0 Å². The lowest BCUT2D eigenvalue weighted by atomic mass is 10.1. The highest BCUT2D eigenvalue weighted by Crippen LogP contribution is 2.20. The van der Waals surface area contributed by atoms with E-state index in [4.69, 9.17) is 14.6 Å². The van der Waals surface area contributed by atoms with E-state index in [1.165, 1.54) is 0 Å². The maximum atomic E-state index is 11.1. The molecule has 0 aliphatic heterocycles. The van der Waals surface area contributed by atoms with Crippen LogP contribution in [0.25, 0.3) is 0 Å². The molecule has 17 heavy (non-hydrogen) atoms. The standard InChI is InChI=1S/C12H14O5/c1-8(17-12(15)7-11(13)14)9-3-5-10(16-2)6-4-9/h3-6,8H,7H2,1-2H3,(H,13,14). The van der Waals surface area contributed by atoms with Crippen molar-refractivity contribution < 1.29 is 24.2 Å². The largest absolute Gasteiger partial charge is 0.497 e. The first-order chi connectivity index (χ1) is 8.02. The fourth-order valence-corrected chi connectivity index (χ4v) is 1.31. The average molecular weight is 238 g/mol. The van der Waals surface area contributed by atoms with Crippen molar-refractivity contribution in [2.75, 3.05) is 7.11 Å². The summed E-state index contributed by atoms with van der Waals surface area (Å²) in [6, 6.07) is 7.02. The lowest BCUT2D eigenvalue weighted by molar-refractivity contribution is -0.154. The van der Waals surface area contributed by atoms with Crippen LogP contribution in [-0.4, -0.2) is 24.2 Å². The summed E-state index contributed by atoms with van der Waals surface area (Å²) in [7, 11) is 1.56. The van der Waals surface area contributed by atoms with E-state index in [2.05, 4.69) is 0 Å². The van der Waals surface area contributed by atoms with E-state index in [0.29, 0.717) is 5.75 Å². The van der Waals surface area contributed by atoms with E-state index in [-0.39, 0.29) is 0 Å². The molecule has 0 heterocycles. The zero-order valence-electron chi connectivity index (χ0n) is 9.67. The minimum atomic E-state index is -1.20. The van der Waals surface area contributed by atoms with Gasteiger partial charge in [0.25, 0.3) is 0 Å². The highest BCUT2D eigenvalue weighted by atomic mass is 16.5. The second-order valence-corrected chi connectivity index (χ2v) is 3.48. The van der Waals surface area contributed by atoms with E-state index in [1.807, 2.05) is 0 Å². The molecule has 0 aliphatic rings. The van der Waals surface area contributed by atoms with Gasteiger partial charge in [-0.25, -0.2) is 0 Å². The van der Waals surface area contributed by atoms with Gasteiger partial charge >= 0.3 is 11.9 Å². The first-order valence-corrected chi connectivity index (χ1v) is 5.08. The summed E-state index contributed by atoms with van der Waals surface area (Å²) < 4.78 is 9.96. The van der Waals surface area contributed by atoms with Crippen LogP contribution in [0.5, 0.6) is 5.75 Å². The zero-order chi connectivity index (χ0) is 12.8. The molecule has 0 saturated carbocycles. The molecule has 0 aromatic heterocycles. The van der Waals surface area contributed by atoms with Gasteiger partial charge < -0.3 is 14.6 Å². The molecule has 0 fully saturated rings. The predicted molar refractivity (Wildman–Crippen MR) is 59.8 cm³/mol. The van der Waals surface area contributed by atoms with Crippen molar-refractivity contribution in [2.24, 2.45) is 0 Å². The van der Waals surface area contributed by atoms with Gasteiger partial charge in [0.05, 0.1) is 7.11 Å². The number of carboxylic acid groups (broad SMARTS) is 1. The van der Waals surface area contributed by atoms with Crippen molar-refractivity contribution >= 4 is 11.9 Å². The first-order valence-electron chi connectivity index (χ1n) is 5.08. The van der Waals surface area contributed by atoms with Crippen LogP contribution < -0.4 is 4.74 Å². The molecule has 1 atom stereocenters. The monoisotopic (exact) mass is 238 g/mol. The SMILES string of the molecule is COc1ccc(C(C)OC(=O)CC(=O)O)cc1. The van der Waals surface area contributed by atoms with Crippen molar-refractivity contribution in [2.45, 2.75) is 19.4 Å². The molecular weight excluding hydrogens is 224 g/mol. The lowest BCUT2D eigenvalue weighted by Crippen LogP contribution is -2.13. The molecule has 1 aromatic rings. The summed E-state index contributed by atoms with van der Waals surface area (Å²) in [4.78, 5) is 21.4. The predicted octanol–water partition coefficient (Wildman–Crippen LogP) is 1.77. The number of benzene rings is 1. The molecule has 0 spiro atoms. The van der Waals surface area contributed by atoms with Crippen molar-refractivity contribution in [3.05, 3.63) is 29.8 Å². The van der Waals surface area contributed by atoms with Crippen LogP contribution in [0.2, 0.25) is 0 Å². The van der Waals surface area contributed by atoms with Crippen molar-refractivity contribution in [1.82, 2.24) is 0 Å². The average Bonchev–Trinajstić information content (AvgIpc) is 2.28. The van der Waals surface area contributed by atoms with E-state index < -0.39 is 24.5 Å². The lowest BCUT2D eigenvalue weighted by Gasteiger charge is -2.13. The molecule has 0 aliphatic carbocycles. The molecule has 0 saturated heterocycles. The van der Waals surface area contributed by atoms with Crippen LogP contribution in [0.3, 0.4) is 0 Å². The zero-order valence-corrected chi connectivity index (χ0v) is 9.67. The van der Waals surface area contributed by atoms with Crippen molar-refractivity contribution in [1.29, 1.82) is 0 Å². The Morgan fingerprint density at radius 3 is 2.35 bits per heavy atom. The van der Waals surface area contributed by atoms with Crippen molar-refractivity contribution in [3.63, 3.8) is 0 Å². The van der Waals surface area contributed by atoms with Crippen molar-refractivity contribution in [3.8, 4) is 5.75 Å². The number of hydrogen-bond donors (Lipinski definition) is 1. The van der Waals surface area contributed by atoms with Gasteiger partial charge in [0.1, 0.15) is 18.3 Å². The summed E-state index contributed by atoms with van der Waals surface area (Å²) in [5.41, 5.74) is 0.782. The topological polar surface area (TPSA) is 72.8 Å². The molecule has 1 unspecified atom stereocenters. The van der Waals surface area contributed by atoms with E-state index in [0.717, 1.165) is 5.56 Å².